The number of hydrogen-bond donors (Lipinski definition) is 4. The first kappa shape index (κ1) is 40.0. The van der Waals surface area contributed by atoms with Crippen LogP contribution < -0.4 is 43.7 Å². The van der Waals surface area contributed by atoms with Crippen molar-refractivity contribution in [3.05, 3.63) is 151 Å². The van der Waals surface area contributed by atoms with E-state index in [1.165, 1.54) is 0 Å². The highest BCUT2D eigenvalue weighted by Gasteiger charge is 2.23. The topological polar surface area (TPSA) is 143 Å². The minimum atomic E-state index is -0.873. The molecular weight excluding hydrogens is 716 g/mol. The summed E-state index contributed by atoms with van der Waals surface area (Å²) >= 11 is 0. The quantitative estimate of drug-likeness (QED) is 0.0828. The number of amides is 3. The Morgan fingerprint density at radius 3 is 2.04 bits per heavy atom. The van der Waals surface area contributed by atoms with Gasteiger partial charge in [0.05, 0.1) is 13.2 Å². The molecule has 0 saturated heterocycles. The molecule has 6 aromatic rings. The normalized spacial score (nSPS) is 11.2. The lowest BCUT2D eigenvalue weighted by atomic mass is 9.92. The molecule has 0 aliphatic heterocycles. The van der Waals surface area contributed by atoms with Gasteiger partial charge in [0.25, 0.3) is 11.8 Å². The number of fused-ring (bicyclic) bond motifs is 2. The Kier molecular flexibility index (Phi) is 14.4. The van der Waals surface area contributed by atoms with Gasteiger partial charge in [0.1, 0.15) is 24.1 Å². The highest BCUT2D eigenvalue weighted by atomic mass is 35.5. The number of rotatable bonds is 17. The Labute approximate surface area is 326 Å². The lowest BCUT2D eigenvalue weighted by Gasteiger charge is -2.21. The van der Waals surface area contributed by atoms with Gasteiger partial charge in [-0.05, 0) is 70.3 Å². The minimum absolute atomic E-state index is 0. The standard InChI is InChI=1S/C44H42N4O6.ClH/c1-2-26-52-38-23-21-31-14-6-8-18-35(31)41(38)42-36-19-9-7-15-32(36)22-24-39(42)53-29-40(49)47-37(20-11-25-45)44(51)46-34-17-10-16-33(27-34)43(50)48-54-28-30-12-4-3-5-13-30;/h2-10,12-19,21-24,27,37H,1,11,20,25-26,28-29,45H2,(H,46,51)(H,47,49)(H,48,50);1H/t37-;/m1./s1. The van der Waals surface area contributed by atoms with E-state index < -0.39 is 23.8 Å². The van der Waals surface area contributed by atoms with E-state index in [0.29, 0.717) is 48.7 Å². The molecule has 1 atom stereocenters. The van der Waals surface area contributed by atoms with Crippen LogP contribution in [-0.2, 0) is 21.0 Å². The number of carbonyl (C=O) groups excluding carboxylic acids is 3. The van der Waals surface area contributed by atoms with Gasteiger partial charge in [-0.2, -0.15) is 0 Å². The zero-order valence-corrected chi connectivity index (χ0v) is 31.0. The Morgan fingerprint density at radius 2 is 1.38 bits per heavy atom. The van der Waals surface area contributed by atoms with E-state index in [4.69, 9.17) is 14.3 Å². The summed E-state index contributed by atoms with van der Waals surface area (Å²) in [6, 6.07) is 38.9. The fourth-order valence-electron chi connectivity index (χ4n) is 6.19. The molecule has 3 amide bonds. The number of hydrogen-bond acceptors (Lipinski definition) is 6. The molecule has 55 heavy (non-hydrogen) atoms. The highest BCUT2D eigenvalue weighted by molar-refractivity contribution is 6.10. The van der Waals surface area contributed by atoms with Crippen molar-refractivity contribution in [3.63, 3.8) is 0 Å². The lowest BCUT2D eigenvalue weighted by Crippen LogP contribution is -3.00. The fraction of sp³-hybridized carbons (Fsp3) is 0.159. The summed E-state index contributed by atoms with van der Waals surface area (Å²) in [4.78, 5) is 45.2. The summed E-state index contributed by atoms with van der Waals surface area (Å²) in [6.45, 7) is 4.57. The third kappa shape index (κ3) is 10.3. The average Bonchev–Trinajstić information content (AvgIpc) is 3.20. The van der Waals surface area contributed by atoms with Gasteiger partial charge in [0.2, 0.25) is 5.91 Å². The Hall–Kier alpha value is -6.20. The van der Waals surface area contributed by atoms with Crippen LogP contribution in [0.4, 0.5) is 5.69 Å². The Balaban J connectivity index is 0.00000580. The molecule has 0 spiro atoms. The molecule has 0 aliphatic carbocycles. The zero-order valence-electron chi connectivity index (χ0n) is 30.3. The molecule has 6 N–H and O–H groups in total. The molecule has 0 fully saturated rings. The molecule has 0 saturated carbocycles. The van der Waals surface area contributed by atoms with Gasteiger partial charge >= 0.3 is 0 Å². The van der Waals surface area contributed by atoms with E-state index in [1.54, 1.807) is 30.3 Å². The van der Waals surface area contributed by atoms with Gasteiger partial charge < -0.3 is 38.2 Å². The van der Waals surface area contributed by atoms with Gasteiger partial charge in [0.15, 0.2) is 6.61 Å². The largest absolute Gasteiger partial charge is 1.00 e. The number of carbonyl (C=O) groups is 3. The number of ether oxygens (including phenoxy) is 2. The number of halogens is 1. The second kappa shape index (κ2) is 19.8. The minimum Gasteiger partial charge on any atom is -1.00 e. The van der Waals surface area contributed by atoms with Crippen molar-refractivity contribution >= 4 is 45.0 Å². The van der Waals surface area contributed by atoms with Crippen LogP contribution >= 0.6 is 0 Å². The third-order valence-corrected chi connectivity index (χ3v) is 8.78. The van der Waals surface area contributed by atoms with Gasteiger partial charge in [-0.1, -0.05) is 110 Å². The molecule has 0 aliphatic rings. The Bertz CT molecular complexity index is 2270. The van der Waals surface area contributed by atoms with Crippen LogP contribution in [0.15, 0.2) is 140 Å². The summed E-state index contributed by atoms with van der Waals surface area (Å²) in [5, 5.41) is 9.61. The maximum Gasteiger partial charge on any atom is 0.274 e. The molecule has 282 valence electrons. The smallest absolute Gasteiger partial charge is 0.274 e. The van der Waals surface area contributed by atoms with Crippen LogP contribution in [0, 0.1) is 0 Å². The second-order valence-corrected chi connectivity index (χ2v) is 12.6. The lowest BCUT2D eigenvalue weighted by molar-refractivity contribution is -0.368. The van der Waals surface area contributed by atoms with Gasteiger partial charge in [-0.25, -0.2) is 5.48 Å². The van der Waals surface area contributed by atoms with Crippen molar-refractivity contribution in [3.8, 4) is 22.6 Å². The van der Waals surface area contributed by atoms with Crippen molar-refractivity contribution in [2.24, 2.45) is 0 Å². The molecule has 0 unspecified atom stereocenters. The molecule has 0 radical (unpaired) electrons. The van der Waals surface area contributed by atoms with E-state index in [1.807, 2.05) is 103 Å². The van der Waals surface area contributed by atoms with E-state index in [9.17, 15) is 14.4 Å². The van der Waals surface area contributed by atoms with E-state index >= 15 is 0 Å². The summed E-state index contributed by atoms with van der Waals surface area (Å²) < 4.78 is 12.5. The average molecular weight is 759 g/mol. The van der Waals surface area contributed by atoms with E-state index in [-0.39, 0.29) is 25.6 Å². The monoisotopic (exact) mass is 758 g/mol. The molecule has 0 bridgehead atoms. The zero-order chi connectivity index (χ0) is 37.7. The van der Waals surface area contributed by atoms with Crippen LogP contribution in [0.2, 0.25) is 0 Å². The predicted octanol–water partition coefficient (Wildman–Crippen LogP) is 3.61. The number of nitrogens with one attached hydrogen (secondary N) is 3. The molecule has 0 aromatic heterocycles. The van der Waals surface area contributed by atoms with Crippen molar-refractivity contribution < 1.29 is 46.8 Å². The first-order valence-electron chi connectivity index (χ1n) is 17.8. The maximum absolute atomic E-state index is 13.5. The van der Waals surface area contributed by atoms with E-state index in [0.717, 1.165) is 38.2 Å². The number of benzene rings is 6. The maximum atomic E-state index is 13.5. The van der Waals surface area contributed by atoms with Crippen LogP contribution in [0.1, 0.15) is 28.8 Å². The van der Waals surface area contributed by atoms with Crippen LogP contribution in [0.3, 0.4) is 0 Å². The first-order valence-corrected chi connectivity index (χ1v) is 17.8. The molecule has 6 aromatic carbocycles. The summed E-state index contributed by atoms with van der Waals surface area (Å²) in [7, 11) is 0. The second-order valence-electron chi connectivity index (χ2n) is 12.6. The Morgan fingerprint density at radius 1 is 0.745 bits per heavy atom. The van der Waals surface area contributed by atoms with Gasteiger partial charge in [-0.15, -0.1) is 0 Å². The third-order valence-electron chi connectivity index (χ3n) is 8.78. The first-order chi connectivity index (χ1) is 26.4. The SMILES string of the molecule is C=CCOc1ccc2ccccc2c1-c1c(OCC(=O)N[C@H](CCC[NH3+])C(=O)Nc2cccc(C(=O)NOCc3ccccc3)c2)ccc2ccccc12.[Cl-]. The number of hydroxylamine groups is 1. The fourth-order valence-corrected chi connectivity index (χ4v) is 6.19. The summed E-state index contributed by atoms with van der Waals surface area (Å²) in [5.41, 5.74) is 9.56. The summed E-state index contributed by atoms with van der Waals surface area (Å²) in [6.07, 6.45) is 2.65. The van der Waals surface area contributed by atoms with Crippen LogP contribution in [-0.4, -0.2) is 43.5 Å². The van der Waals surface area contributed by atoms with Crippen molar-refractivity contribution in [2.75, 3.05) is 25.1 Å². The predicted molar refractivity (Wildman–Crippen MR) is 211 cm³/mol. The summed E-state index contributed by atoms with van der Waals surface area (Å²) in [5.74, 6) is -0.211. The number of quaternary nitrogens is 1. The van der Waals surface area contributed by atoms with E-state index in [2.05, 4.69) is 28.4 Å². The van der Waals surface area contributed by atoms with Crippen molar-refractivity contribution in [2.45, 2.75) is 25.5 Å². The van der Waals surface area contributed by atoms with Gasteiger partial charge in [0, 0.05) is 22.4 Å². The molecule has 11 heteroatoms. The van der Waals surface area contributed by atoms with Crippen LogP contribution in [0.5, 0.6) is 11.5 Å². The molecule has 6 rings (SSSR count). The molecular formula is C44H43ClN4O6. The van der Waals surface area contributed by atoms with Crippen LogP contribution in [0.25, 0.3) is 32.7 Å². The molecule has 0 heterocycles. The molecule has 10 nitrogen and oxygen atoms in total. The highest BCUT2D eigenvalue weighted by Crippen LogP contribution is 2.45. The van der Waals surface area contributed by atoms with Crippen molar-refractivity contribution in [1.29, 1.82) is 0 Å². The van der Waals surface area contributed by atoms with Crippen molar-refractivity contribution in [1.82, 2.24) is 10.8 Å². The number of anilines is 1. The van der Waals surface area contributed by atoms with Gasteiger partial charge in [-0.3, -0.25) is 19.2 Å².